The molecule has 7 nitrogen and oxygen atoms in total. The predicted molar refractivity (Wildman–Crippen MR) is 107 cm³/mol. The molecule has 2 saturated heterocycles. The maximum atomic E-state index is 13.7. The molecule has 4 heterocycles. The van der Waals surface area contributed by atoms with Crippen LogP contribution in [0.15, 0.2) is 42.6 Å². The Morgan fingerprint density at radius 1 is 1.11 bits per heavy atom. The highest BCUT2D eigenvalue weighted by Crippen LogP contribution is 2.42. The van der Waals surface area contributed by atoms with Gasteiger partial charge in [-0.1, -0.05) is 12.1 Å². The number of nitrogens with one attached hydrogen (secondary N) is 1. The number of benzene rings is 1. The molecule has 1 unspecified atom stereocenters. The second-order valence-corrected chi connectivity index (χ2v) is 8.12. The Balaban J connectivity index is 1.55. The normalized spacial score (nSPS) is 24.1. The SMILES string of the molecule is CN1CCC2(CCN(C(=O)N3c4ccccc4NC(=O)c4cccnc43)C2)C1. The number of hydrogen-bond donors (Lipinski definition) is 1. The zero-order chi connectivity index (χ0) is 19.3. The number of pyridine rings is 1. The third kappa shape index (κ3) is 2.65. The van der Waals surface area contributed by atoms with Gasteiger partial charge in [-0.15, -0.1) is 0 Å². The van der Waals surface area contributed by atoms with Crippen molar-refractivity contribution in [3.8, 4) is 0 Å². The van der Waals surface area contributed by atoms with Crippen LogP contribution in [0.1, 0.15) is 23.2 Å². The first-order valence-electron chi connectivity index (χ1n) is 9.69. The molecule has 1 aromatic carbocycles. The van der Waals surface area contributed by atoms with Gasteiger partial charge in [-0.05, 0) is 50.7 Å². The lowest BCUT2D eigenvalue weighted by molar-refractivity contribution is 0.102. The van der Waals surface area contributed by atoms with Gasteiger partial charge in [0.2, 0.25) is 0 Å². The third-order valence-electron chi connectivity index (χ3n) is 6.17. The smallest absolute Gasteiger partial charge is 0.323 e. The molecule has 1 N–H and O–H groups in total. The number of aromatic nitrogens is 1. The number of urea groups is 1. The number of carbonyl (C=O) groups excluding carboxylic acids is 2. The van der Waals surface area contributed by atoms with Crippen LogP contribution in [-0.2, 0) is 0 Å². The van der Waals surface area contributed by atoms with Crippen LogP contribution in [0.3, 0.4) is 0 Å². The number of para-hydroxylation sites is 2. The molecule has 0 aliphatic carbocycles. The van der Waals surface area contributed by atoms with Crippen LogP contribution in [0.25, 0.3) is 0 Å². The summed E-state index contributed by atoms with van der Waals surface area (Å²) in [4.78, 5) is 36.6. The van der Waals surface area contributed by atoms with E-state index in [-0.39, 0.29) is 17.4 Å². The fourth-order valence-electron chi connectivity index (χ4n) is 4.76. The standard InChI is InChI=1S/C21H23N5O2/c1-24-11-8-21(13-24)9-12-25(14-21)20(28)26-17-7-3-2-6-16(17)23-19(27)15-5-4-10-22-18(15)26/h2-7,10H,8-9,11-14H2,1H3,(H,23,27). The number of nitrogens with zero attached hydrogens (tertiary/aromatic N) is 4. The third-order valence-corrected chi connectivity index (χ3v) is 6.17. The minimum absolute atomic E-state index is 0.115. The minimum atomic E-state index is -0.249. The first-order valence-corrected chi connectivity index (χ1v) is 9.69. The van der Waals surface area contributed by atoms with E-state index in [1.54, 1.807) is 23.2 Å². The summed E-state index contributed by atoms with van der Waals surface area (Å²) in [5, 5.41) is 2.91. The number of rotatable bonds is 0. The van der Waals surface area contributed by atoms with Crippen molar-refractivity contribution in [3.05, 3.63) is 48.2 Å². The Morgan fingerprint density at radius 3 is 2.75 bits per heavy atom. The summed E-state index contributed by atoms with van der Waals surface area (Å²) in [6.07, 6.45) is 3.77. The Bertz CT molecular complexity index is 961. The number of fused-ring (bicyclic) bond motifs is 2. The van der Waals surface area contributed by atoms with E-state index < -0.39 is 0 Å². The fraction of sp³-hybridized carbons (Fsp3) is 0.381. The Kier molecular flexibility index (Phi) is 3.87. The van der Waals surface area contributed by atoms with E-state index in [4.69, 9.17) is 0 Å². The van der Waals surface area contributed by atoms with Crippen molar-refractivity contribution >= 4 is 29.1 Å². The number of carbonyl (C=O) groups is 2. The van der Waals surface area contributed by atoms with Gasteiger partial charge < -0.3 is 15.1 Å². The number of anilines is 3. The van der Waals surface area contributed by atoms with Crippen molar-refractivity contribution < 1.29 is 9.59 Å². The lowest BCUT2D eigenvalue weighted by Crippen LogP contribution is -2.41. The van der Waals surface area contributed by atoms with Crippen molar-refractivity contribution in [2.45, 2.75) is 12.8 Å². The van der Waals surface area contributed by atoms with Crippen LogP contribution >= 0.6 is 0 Å². The van der Waals surface area contributed by atoms with Gasteiger partial charge in [0, 0.05) is 31.2 Å². The molecule has 5 rings (SSSR count). The van der Waals surface area contributed by atoms with E-state index in [1.165, 1.54) is 0 Å². The van der Waals surface area contributed by atoms with Gasteiger partial charge in [0.1, 0.15) is 0 Å². The highest BCUT2D eigenvalue weighted by atomic mass is 16.2. The average molecular weight is 377 g/mol. The number of amides is 3. The summed E-state index contributed by atoms with van der Waals surface area (Å²) >= 11 is 0. The molecular formula is C21H23N5O2. The highest BCUT2D eigenvalue weighted by Gasteiger charge is 2.45. The summed E-state index contributed by atoms with van der Waals surface area (Å²) in [7, 11) is 2.14. The van der Waals surface area contributed by atoms with E-state index in [0.29, 0.717) is 22.8 Å². The second kappa shape index (κ2) is 6.31. The molecule has 3 amide bonds. The molecule has 2 fully saturated rings. The van der Waals surface area contributed by atoms with Crippen LogP contribution in [0.5, 0.6) is 0 Å². The molecule has 144 valence electrons. The number of hydrogen-bond acceptors (Lipinski definition) is 4. The zero-order valence-corrected chi connectivity index (χ0v) is 15.9. The molecule has 1 atom stereocenters. The van der Waals surface area contributed by atoms with E-state index in [2.05, 4.69) is 22.2 Å². The van der Waals surface area contributed by atoms with Crippen LogP contribution < -0.4 is 10.2 Å². The molecule has 0 radical (unpaired) electrons. The van der Waals surface area contributed by atoms with Crippen LogP contribution in [0, 0.1) is 5.41 Å². The van der Waals surface area contributed by atoms with Gasteiger partial charge in [0.25, 0.3) is 5.91 Å². The van der Waals surface area contributed by atoms with Gasteiger partial charge in [-0.3, -0.25) is 4.79 Å². The first-order chi connectivity index (χ1) is 13.6. The fourth-order valence-corrected chi connectivity index (χ4v) is 4.76. The van der Waals surface area contributed by atoms with Crippen LogP contribution in [0.4, 0.5) is 22.0 Å². The van der Waals surface area contributed by atoms with E-state index >= 15 is 0 Å². The molecule has 1 spiro atoms. The van der Waals surface area contributed by atoms with Gasteiger partial charge in [-0.25, -0.2) is 14.7 Å². The molecule has 3 aliphatic rings. The average Bonchev–Trinajstić information content (AvgIpc) is 3.25. The van der Waals surface area contributed by atoms with E-state index in [0.717, 1.165) is 39.0 Å². The second-order valence-electron chi connectivity index (χ2n) is 8.12. The minimum Gasteiger partial charge on any atom is -0.323 e. The van der Waals surface area contributed by atoms with E-state index in [1.807, 2.05) is 29.2 Å². The zero-order valence-electron chi connectivity index (χ0n) is 15.9. The summed E-state index contributed by atoms with van der Waals surface area (Å²) < 4.78 is 0. The van der Waals surface area contributed by atoms with Gasteiger partial charge in [-0.2, -0.15) is 0 Å². The largest absolute Gasteiger partial charge is 0.330 e. The van der Waals surface area contributed by atoms with Crippen molar-refractivity contribution in [1.29, 1.82) is 0 Å². The summed E-state index contributed by atoms with van der Waals surface area (Å²) in [5.74, 6) is 0.139. The summed E-state index contributed by atoms with van der Waals surface area (Å²) in [6.45, 7) is 3.59. The lowest BCUT2D eigenvalue weighted by Gasteiger charge is -2.29. The van der Waals surface area contributed by atoms with Gasteiger partial charge in [0.05, 0.1) is 16.9 Å². The van der Waals surface area contributed by atoms with Gasteiger partial charge in [0.15, 0.2) is 5.82 Å². The summed E-state index contributed by atoms with van der Waals surface area (Å²) in [6, 6.07) is 10.7. The topological polar surface area (TPSA) is 68.8 Å². The van der Waals surface area contributed by atoms with Crippen molar-refractivity contribution in [2.24, 2.45) is 5.41 Å². The molecule has 0 bridgehead atoms. The molecular weight excluding hydrogens is 354 g/mol. The molecule has 28 heavy (non-hydrogen) atoms. The van der Waals surface area contributed by atoms with Gasteiger partial charge >= 0.3 is 6.03 Å². The Hall–Kier alpha value is -2.93. The Labute approximate surface area is 163 Å². The first kappa shape index (κ1) is 17.2. The Morgan fingerprint density at radius 2 is 1.93 bits per heavy atom. The van der Waals surface area contributed by atoms with E-state index in [9.17, 15) is 9.59 Å². The number of likely N-dealkylation sites (tertiary alicyclic amines) is 2. The molecule has 3 aliphatic heterocycles. The molecule has 2 aromatic rings. The quantitative estimate of drug-likeness (QED) is 0.766. The maximum Gasteiger partial charge on any atom is 0.330 e. The molecule has 1 aromatic heterocycles. The molecule has 0 saturated carbocycles. The lowest BCUT2D eigenvalue weighted by atomic mass is 9.86. The highest BCUT2D eigenvalue weighted by molar-refractivity contribution is 6.16. The molecule has 7 heteroatoms. The van der Waals surface area contributed by atoms with Crippen molar-refractivity contribution in [3.63, 3.8) is 0 Å². The maximum absolute atomic E-state index is 13.7. The predicted octanol–water partition coefficient (Wildman–Crippen LogP) is 2.93. The monoisotopic (exact) mass is 377 g/mol. The van der Waals surface area contributed by atoms with Crippen molar-refractivity contribution in [1.82, 2.24) is 14.8 Å². The van der Waals surface area contributed by atoms with Crippen LogP contribution in [0.2, 0.25) is 0 Å². The van der Waals surface area contributed by atoms with Crippen LogP contribution in [-0.4, -0.2) is 59.9 Å². The van der Waals surface area contributed by atoms with Crippen molar-refractivity contribution in [2.75, 3.05) is 43.4 Å². The summed E-state index contributed by atoms with van der Waals surface area (Å²) in [5.41, 5.74) is 1.87.